The van der Waals surface area contributed by atoms with Crippen molar-refractivity contribution in [1.82, 2.24) is 0 Å². The highest BCUT2D eigenvalue weighted by Gasteiger charge is 2.47. The van der Waals surface area contributed by atoms with Crippen molar-refractivity contribution in [2.45, 2.75) is 0 Å². The molecule has 0 atom stereocenters. The van der Waals surface area contributed by atoms with Crippen LogP contribution in [0.1, 0.15) is 22.3 Å². The number of nitriles is 4. The van der Waals surface area contributed by atoms with E-state index in [2.05, 4.69) is 0 Å². The van der Waals surface area contributed by atoms with E-state index in [-0.39, 0.29) is 33.4 Å². The van der Waals surface area contributed by atoms with Gasteiger partial charge < -0.3 is 9.13 Å². The van der Waals surface area contributed by atoms with Crippen LogP contribution in [0.15, 0.2) is 120 Å². The molecular weight excluding hydrogens is 941 g/mol. The van der Waals surface area contributed by atoms with Gasteiger partial charge in [0, 0.05) is 32.4 Å². The molecule has 0 saturated carbocycles. The first-order valence-corrected chi connectivity index (χ1v) is 22.9. The molecule has 2 aliphatic carbocycles. The highest BCUT2D eigenvalue weighted by atomic mass is 31.2. The van der Waals surface area contributed by atoms with Crippen LogP contribution in [-0.4, -0.2) is 0 Å². The third-order valence-corrected chi connectivity index (χ3v) is 17.8. The van der Waals surface area contributed by atoms with Gasteiger partial charge in [-0.2, -0.15) is 21.0 Å². The molecule has 0 fully saturated rings. The number of hydrogen-bond acceptors (Lipinski definition) is 6. The molecule has 0 bridgehead atoms. The van der Waals surface area contributed by atoms with Crippen LogP contribution in [0.4, 0.5) is 43.9 Å². The van der Waals surface area contributed by atoms with Crippen molar-refractivity contribution in [1.29, 1.82) is 21.0 Å². The molecule has 0 aromatic heterocycles. The van der Waals surface area contributed by atoms with Crippen LogP contribution in [0.5, 0.6) is 0 Å². The fraction of sp³-hybridized carbons (Fsp3) is 0. The second-order valence-electron chi connectivity index (χ2n) is 15.1. The molecule has 7 aromatic carbocycles. The Morgan fingerprint density at radius 2 is 0.618 bits per heavy atom. The van der Waals surface area contributed by atoms with Gasteiger partial charge in [0.25, 0.3) is 0 Å². The second-order valence-corrected chi connectivity index (χ2v) is 20.5. The zero-order valence-corrected chi connectivity index (χ0v) is 35.5. The standard InChI is InChI=1S/C50H18F10N4O2P2/c51-39-41(53)45(57)49(46(58)42(39)54)68(66,50-47(59)43(55)40(52)44(56)48(50)60)28-12-14-30-32-17-31-29-13-11-27(67(65,25-7-3-1-4-8-25)26-9-5-2-6-10-26)15-33(29)37(23(19-61)20-62)35(31)18-36(32)38(34(30)16-28)24(21-63)22-64/h1-18H. The van der Waals surface area contributed by atoms with Crippen LogP contribution in [0.25, 0.3) is 33.4 Å². The van der Waals surface area contributed by atoms with E-state index in [0.717, 1.165) is 6.07 Å². The van der Waals surface area contributed by atoms with Crippen molar-refractivity contribution in [2.24, 2.45) is 0 Å². The molecule has 0 spiro atoms. The minimum absolute atomic E-state index is 0.0194. The first kappa shape index (κ1) is 44.9. The molecule has 6 nitrogen and oxygen atoms in total. The van der Waals surface area contributed by atoms with Gasteiger partial charge in [0.2, 0.25) is 11.6 Å². The number of nitrogens with zero attached hydrogens (tertiary/aromatic N) is 4. The van der Waals surface area contributed by atoms with E-state index in [1.165, 1.54) is 12.1 Å². The smallest absolute Gasteiger partial charge is 0.200 e. The summed E-state index contributed by atoms with van der Waals surface area (Å²) in [4.78, 5) is 0. The maximum Gasteiger partial charge on any atom is 0.200 e. The van der Waals surface area contributed by atoms with Crippen LogP contribution < -0.4 is 31.8 Å². The second kappa shape index (κ2) is 16.3. The number of halogens is 10. The predicted octanol–water partition coefficient (Wildman–Crippen LogP) is 10.0. The molecular formula is C50H18F10N4O2P2. The lowest BCUT2D eigenvalue weighted by molar-refractivity contribution is 0.381. The summed E-state index contributed by atoms with van der Waals surface area (Å²) in [5.74, 6) is -28.5. The lowest BCUT2D eigenvalue weighted by Gasteiger charge is -2.23. The van der Waals surface area contributed by atoms with Crippen LogP contribution in [0, 0.1) is 103 Å². The summed E-state index contributed by atoms with van der Waals surface area (Å²) in [6.07, 6.45) is 0. The van der Waals surface area contributed by atoms with Crippen molar-refractivity contribution in [2.75, 3.05) is 0 Å². The molecule has 9 rings (SSSR count). The van der Waals surface area contributed by atoms with Crippen LogP contribution in [0.2, 0.25) is 0 Å². The average Bonchev–Trinajstić information content (AvgIpc) is 3.85. The summed E-state index contributed by atoms with van der Waals surface area (Å²) in [5, 5.41) is 36.1. The fourth-order valence-corrected chi connectivity index (χ4v) is 14.2. The molecule has 0 saturated heterocycles. The van der Waals surface area contributed by atoms with Gasteiger partial charge in [-0.05, 0) is 68.8 Å². The quantitative estimate of drug-likeness (QED) is 0.0537. The van der Waals surface area contributed by atoms with E-state index in [0.29, 0.717) is 39.2 Å². The first-order chi connectivity index (χ1) is 32.5. The van der Waals surface area contributed by atoms with Crippen LogP contribution >= 0.6 is 14.3 Å². The normalized spacial score (nSPS) is 12.3. The molecule has 0 amide bonds. The van der Waals surface area contributed by atoms with Gasteiger partial charge in [-0.15, -0.1) is 0 Å². The number of hydrogen-bond donors (Lipinski definition) is 0. The summed E-state index contributed by atoms with van der Waals surface area (Å²) in [5.41, 5.74) is -0.784. The van der Waals surface area contributed by atoms with E-state index in [9.17, 15) is 47.4 Å². The van der Waals surface area contributed by atoms with Crippen molar-refractivity contribution < 1.29 is 53.0 Å². The molecule has 0 heterocycles. The largest absolute Gasteiger partial charge is 0.309 e. The first-order valence-electron chi connectivity index (χ1n) is 19.4. The maximum atomic E-state index is 15.7. The minimum Gasteiger partial charge on any atom is -0.309 e. The highest BCUT2D eigenvalue weighted by molar-refractivity contribution is 7.85. The van der Waals surface area contributed by atoms with Gasteiger partial charge in [-0.3, -0.25) is 0 Å². The van der Waals surface area contributed by atoms with E-state index >= 15 is 26.7 Å². The van der Waals surface area contributed by atoms with E-state index < -0.39 is 111 Å². The molecule has 0 unspecified atom stereocenters. The Kier molecular flexibility index (Phi) is 10.7. The number of fused-ring (bicyclic) bond motifs is 6. The van der Waals surface area contributed by atoms with Crippen molar-refractivity contribution >= 4 is 57.3 Å². The number of benzene rings is 7. The van der Waals surface area contributed by atoms with Gasteiger partial charge in [0.1, 0.15) is 35.4 Å². The third kappa shape index (κ3) is 6.16. The van der Waals surface area contributed by atoms with E-state index in [1.54, 1.807) is 91.0 Å². The fourth-order valence-electron chi connectivity index (χ4n) is 8.73. The lowest BCUT2D eigenvalue weighted by atomic mass is 9.93. The van der Waals surface area contributed by atoms with E-state index in [4.69, 9.17) is 0 Å². The van der Waals surface area contributed by atoms with Crippen molar-refractivity contribution in [3.05, 3.63) is 201 Å². The SMILES string of the molecule is N#CC(C#N)=C1c2cc(P(=O)(c3ccccc3)c3ccccc3)ccc2-c2cc3c(cc21)C(=C(C#N)C#N)c1cc(P(=O)(c2c(F)c(F)c(F)c(F)c2F)c2c(F)c(F)c(F)c(F)c2F)ccc1-3. The highest BCUT2D eigenvalue weighted by Crippen LogP contribution is 2.56. The Morgan fingerprint density at radius 3 is 0.956 bits per heavy atom. The van der Waals surface area contributed by atoms with Crippen LogP contribution in [-0.2, 0) is 9.13 Å². The Labute approximate surface area is 377 Å². The van der Waals surface area contributed by atoms with Gasteiger partial charge in [-0.25, -0.2) is 43.9 Å². The topological polar surface area (TPSA) is 129 Å². The molecule has 7 aromatic rings. The summed E-state index contributed by atoms with van der Waals surface area (Å²) >= 11 is 0. The summed E-state index contributed by atoms with van der Waals surface area (Å²) < 4.78 is 182. The molecule has 18 heteroatoms. The Balaban J connectivity index is 1.33. The maximum absolute atomic E-state index is 15.7. The summed E-state index contributed by atoms with van der Waals surface area (Å²) in [6, 6.07) is 33.9. The van der Waals surface area contributed by atoms with Gasteiger partial charge in [0.05, 0.1) is 10.6 Å². The predicted molar refractivity (Wildman–Crippen MR) is 230 cm³/mol. The Bertz CT molecular complexity index is 3600. The molecule has 68 heavy (non-hydrogen) atoms. The molecule has 2 aliphatic rings. The molecule has 0 radical (unpaired) electrons. The lowest BCUT2D eigenvalue weighted by Crippen LogP contribution is -2.36. The molecule has 0 aliphatic heterocycles. The Hall–Kier alpha value is -8.26. The van der Waals surface area contributed by atoms with Crippen molar-refractivity contribution in [3.63, 3.8) is 0 Å². The average molecular weight is 959 g/mol. The van der Waals surface area contributed by atoms with Crippen molar-refractivity contribution in [3.8, 4) is 46.5 Å². The zero-order chi connectivity index (χ0) is 48.7. The van der Waals surface area contributed by atoms with Gasteiger partial charge >= 0.3 is 0 Å². The number of allylic oxidation sites excluding steroid dienone is 2. The Morgan fingerprint density at radius 1 is 0.324 bits per heavy atom. The van der Waals surface area contributed by atoms with Gasteiger partial charge in [0.15, 0.2) is 60.8 Å². The zero-order valence-electron chi connectivity index (χ0n) is 33.7. The summed E-state index contributed by atoms with van der Waals surface area (Å²) in [6.45, 7) is 0. The van der Waals surface area contributed by atoms with E-state index in [1.807, 2.05) is 12.1 Å². The summed E-state index contributed by atoms with van der Waals surface area (Å²) in [7, 11) is -10.2. The monoisotopic (exact) mass is 958 g/mol. The van der Waals surface area contributed by atoms with Gasteiger partial charge in [-0.1, -0.05) is 84.9 Å². The molecule has 330 valence electrons. The molecule has 0 N–H and O–H groups in total. The minimum atomic E-state index is -6.51. The third-order valence-electron chi connectivity index (χ3n) is 11.7. The number of rotatable bonds is 6. The van der Waals surface area contributed by atoms with Crippen LogP contribution in [0.3, 0.4) is 0 Å².